The number of hydrogen-bond acceptors (Lipinski definition) is 3. The van der Waals surface area contributed by atoms with Gasteiger partial charge in [-0.3, -0.25) is 0 Å². The molecule has 0 aliphatic heterocycles. The number of amides is 2. The molecular weight excluding hydrogens is 324 g/mol. The average Bonchev–Trinajstić information content (AvgIpc) is 3.24. The quantitative estimate of drug-likeness (QED) is 0.835. The van der Waals surface area contributed by atoms with Gasteiger partial charge in [0.1, 0.15) is 0 Å². The van der Waals surface area contributed by atoms with E-state index in [0.717, 1.165) is 28.6 Å². The Labute approximate surface area is 127 Å². The highest BCUT2D eigenvalue weighted by molar-refractivity contribution is 9.10. The van der Waals surface area contributed by atoms with Gasteiger partial charge in [0.05, 0.1) is 13.2 Å². The molecule has 1 fully saturated rings. The lowest BCUT2D eigenvalue weighted by Crippen LogP contribution is -2.38. The van der Waals surface area contributed by atoms with Crippen LogP contribution in [0.25, 0.3) is 0 Å². The normalized spacial score (nSPS) is 14.2. The molecule has 6 heteroatoms. The van der Waals surface area contributed by atoms with E-state index in [0.29, 0.717) is 13.2 Å². The van der Waals surface area contributed by atoms with E-state index in [1.54, 1.807) is 12.0 Å². The van der Waals surface area contributed by atoms with Gasteiger partial charge in [0.25, 0.3) is 0 Å². The number of anilines is 1. The first-order valence-electron chi connectivity index (χ1n) is 6.62. The van der Waals surface area contributed by atoms with Crippen LogP contribution in [0, 0.1) is 0 Å². The van der Waals surface area contributed by atoms with E-state index in [-0.39, 0.29) is 18.7 Å². The van der Waals surface area contributed by atoms with Crippen LogP contribution in [0.15, 0.2) is 22.7 Å². The summed E-state index contributed by atoms with van der Waals surface area (Å²) in [5, 5.41) is 12.0. The van der Waals surface area contributed by atoms with Gasteiger partial charge in [-0.05, 0) is 25.0 Å². The molecule has 2 rings (SSSR count). The third-order valence-electron chi connectivity index (χ3n) is 3.24. The minimum Gasteiger partial charge on any atom is -0.395 e. The Kier molecular flexibility index (Phi) is 5.39. The van der Waals surface area contributed by atoms with E-state index in [1.165, 1.54) is 0 Å². The lowest BCUT2D eigenvalue weighted by molar-refractivity contribution is 0.182. The highest BCUT2D eigenvalue weighted by atomic mass is 79.9. The zero-order chi connectivity index (χ0) is 14.5. The van der Waals surface area contributed by atoms with Crippen molar-refractivity contribution in [2.24, 2.45) is 0 Å². The van der Waals surface area contributed by atoms with Gasteiger partial charge in [-0.15, -0.1) is 0 Å². The molecule has 1 aromatic rings. The fraction of sp³-hybridized carbons (Fsp3) is 0.500. The molecule has 20 heavy (non-hydrogen) atoms. The Balaban J connectivity index is 2.12. The Bertz CT molecular complexity index is 477. The van der Waals surface area contributed by atoms with Crippen molar-refractivity contribution in [1.82, 2.24) is 4.90 Å². The van der Waals surface area contributed by atoms with Crippen molar-refractivity contribution >= 4 is 27.6 Å². The third-order valence-corrected chi connectivity index (χ3v) is 3.98. The van der Waals surface area contributed by atoms with E-state index in [2.05, 4.69) is 21.2 Å². The van der Waals surface area contributed by atoms with Crippen molar-refractivity contribution in [3.05, 3.63) is 28.2 Å². The van der Waals surface area contributed by atoms with Crippen LogP contribution >= 0.6 is 15.9 Å². The number of urea groups is 1. The van der Waals surface area contributed by atoms with Crippen molar-refractivity contribution in [3.8, 4) is 0 Å². The van der Waals surface area contributed by atoms with Gasteiger partial charge in [0, 0.05) is 35.4 Å². The molecule has 2 N–H and O–H groups in total. The second-order valence-electron chi connectivity index (χ2n) is 4.78. The number of rotatable bonds is 6. The van der Waals surface area contributed by atoms with Crippen LogP contribution in [0.4, 0.5) is 10.5 Å². The molecule has 1 aliphatic carbocycles. The van der Waals surface area contributed by atoms with Crippen LogP contribution in [0.1, 0.15) is 18.4 Å². The molecule has 2 amide bonds. The van der Waals surface area contributed by atoms with Gasteiger partial charge >= 0.3 is 6.03 Å². The molecule has 0 spiro atoms. The number of hydrogen-bond donors (Lipinski definition) is 2. The molecular formula is C14H19BrN2O3. The maximum absolute atomic E-state index is 12.3. The Morgan fingerprint density at radius 2 is 2.30 bits per heavy atom. The second kappa shape index (κ2) is 7.06. The molecule has 1 saturated carbocycles. The number of methoxy groups -OCH3 is 1. The maximum Gasteiger partial charge on any atom is 0.322 e. The summed E-state index contributed by atoms with van der Waals surface area (Å²) in [4.78, 5) is 14.0. The minimum atomic E-state index is -0.169. The minimum absolute atomic E-state index is 0.0205. The van der Waals surface area contributed by atoms with Gasteiger partial charge in [0.15, 0.2) is 0 Å². The number of ether oxygens (including phenoxy) is 1. The van der Waals surface area contributed by atoms with E-state index >= 15 is 0 Å². The van der Waals surface area contributed by atoms with E-state index in [4.69, 9.17) is 9.84 Å². The van der Waals surface area contributed by atoms with Gasteiger partial charge in [0.2, 0.25) is 0 Å². The van der Waals surface area contributed by atoms with E-state index < -0.39 is 0 Å². The average molecular weight is 343 g/mol. The molecule has 0 heterocycles. The van der Waals surface area contributed by atoms with Crippen molar-refractivity contribution in [1.29, 1.82) is 0 Å². The highest BCUT2D eigenvalue weighted by Gasteiger charge is 2.32. The summed E-state index contributed by atoms with van der Waals surface area (Å²) in [6.45, 7) is 0.762. The van der Waals surface area contributed by atoms with Crippen molar-refractivity contribution in [2.75, 3.05) is 25.6 Å². The first-order valence-corrected chi connectivity index (χ1v) is 7.41. The fourth-order valence-electron chi connectivity index (χ4n) is 2.10. The summed E-state index contributed by atoms with van der Waals surface area (Å²) < 4.78 is 6.06. The molecule has 5 nitrogen and oxygen atoms in total. The number of nitrogens with zero attached hydrogens (tertiary/aromatic N) is 1. The van der Waals surface area contributed by atoms with Crippen LogP contribution in [-0.2, 0) is 11.3 Å². The van der Waals surface area contributed by atoms with Crippen molar-refractivity contribution in [2.45, 2.75) is 25.5 Å². The highest BCUT2D eigenvalue weighted by Crippen LogP contribution is 2.29. The van der Waals surface area contributed by atoms with Crippen LogP contribution in [0.3, 0.4) is 0 Å². The Morgan fingerprint density at radius 3 is 2.90 bits per heavy atom. The van der Waals surface area contributed by atoms with E-state index in [9.17, 15) is 4.79 Å². The van der Waals surface area contributed by atoms with Crippen LogP contribution in [0.5, 0.6) is 0 Å². The zero-order valence-electron chi connectivity index (χ0n) is 11.4. The van der Waals surface area contributed by atoms with Gasteiger partial charge in [-0.25, -0.2) is 4.79 Å². The number of aliphatic hydroxyl groups is 1. The lowest BCUT2D eigenvalue weighted by atomic mass is 10.2. The molecule has 0 saturated heterocycles. The summed E-state index contributed by atoms with van der Waals surface area (Å²) in [5.41, 5.74) is 1.64. The number of nitrogens with one attached hydrogen (secondary N) is 1. The van der Waals surface area contributed by atoms with Gasteiger partial charge in [-0.1, -0.05) is 22.0 Å². The number of aliphatic hydroxyl groups excluding tert-OH is 1. The van der Waals surface area contributed by atoms with Gasteiger partial charge in [-0.2, -0.15) is 0 Å². The number of carbonyl (C=O) groups is 1. The third kappa shape index (κ3) is 3.71. The lowest BCUT2D eigenvalue weighted by Gasteiger charge is -2.23. The zero-order valence-corrected chi connectivity index (χ0v) is 13.0. The van der Waals surface area contributed by atoms with Crippen molar-refractivity contribution in [3.63, 3.8) is 0 Å². The molecule has 1 aliphatic rings. The Morgan fingerprint density at radius 1 is 1.55 bits per heavy atom. The standard InChI is InChI=1S/C14H19BrN2O3/c1-20-9-11-12(15)3-2-4-13(11)16-14(19)17(7-8-18)10-5-6-10/h2-4,10,18H,5-9H2,1H3,(H,16,19). The smallest absolute Gasteiger partial charge is 0.322 e. The molecule has 110 valence electrons. The summed E-state index contributed by atoms with van der Waals surface area (Å²) in [7, 11) is 1.62. The number of carbonyl (C=O) groups excluding carboxylic acids is 1. The SMILES string of the molecule is COCc1c(Br)cccc1NC(=O)N(CCO)C1CC1. The number of halogens is 1. The molecule has 0 unspecified atom stereocenters. The molecule has 0 aromatic heterocycles. The van der Waals surface area contributed by atoms with Crippen LogP contribution in [-0.4, -0.2) is 42.3 Å². The van der Waals surface area contributed by atoms with E-state index in [1.807, 2.05) is 18.2 Å². The molecule has 0 bridgehead atoms. The van der Waals surface area contributed by atoms with Crippen LogP contribution < -0.4 is 5.32 Å². The Hall–Kier alpha value is -1.11. The first-order chi connectivity index (χ1) is 9.67. The summed E-state index contributed by atoms with van der Waals surface area (Å²) >= 11 is 3.46. The first kappa shape index (κ1) is 15.3. The maximum atomic E-state index is 12.3. The largest absolute Gasteiger partial charge is 0.395 e. The summed E-state index contributed by atoms with van der Waals surface area (Å²) in [6.07, 6.45) is 2.02. The van der Waals surface area contributed by atoms with Crippen LogP contribution in [0.2, 0.25) is 0 Å². The topological polar surface area (TPSA) is 61.8 Å². The summed E-state index contributed by atoms with van der Waals surface area (Å²) in [5.74, 6) is 0. The second-order valence-corrected chi connectivity index (χ2v) is 5.63. The van der Waals surface area contributed by atoms with Gasteiger partial charge < -0.3 is 20.1 Å². The molecule has 1 aromatic carbocycles. The molecule has 0 atom stereocenters. The predicted octanol–water partition coefficient (Wildman–Crippen LogP) is 2.58. The van der Waals surface area contributed by atoms with Crippen molar-refractivity contribution < 1.29 is 14.6 Å². The molecule has 0 radical (unpaired) electrons. The summed E-state index contributed by atoms with van der Waals surface area (Å²) in [6, 6.07) is 5.72. The monoisotopic (exact) mass is 342 g/mol. The predicted molar refractivity (Wildman–Crippen MR) is 80.7 cm³/mol. The fourth-order valence-corrected chi connectivity index (χ4v) is 2.58. The number of benzene rings is 1.